The number of hydrogen-bond donors (Lipinski definition) is 1. The predicted molar refractivity (Wildman–Crippen MR) is 44.6 cm³/mol. The average molecular weight is 164 g/mol. The highest BCUT2D eigenvalue weighted by Crippen LogP contribution is 2.32. The first kappa shape index (κ1) is 7.68. The molecule has 1 aliphatic carbocycles. The van der Waals surface area contributed by atoms with Crippen molar-refractivity contribution in [2.45, 2.75) is 31.3 Å². The lowest BCUT2D eigenvalue weighted by Gasteiger charge is -2.12. The lowest BCUT2D eigenvalue weighted by atomic mass is 10.0. The van der Waals surface area contributed by atoms with E-state index in [-0.39, 0.29) is 12.0 Å². The Balaban J connectivity index is 2.19. The third-order valence-electron chi connectivity index (χ3n) is 2.44. The van der Waals surface area contributed by atoms with Crippen LogP contribution in [0.1, 0.15) is 30.9 Å². The maximum atomic E-state index is 9.57. The summed E-state index contributed by atoms with van der Waals surface area (Å²) in [7, 11) is 0. The number of nitrogens with zero attached hydrogens (tertiary/aromatic N) is 2. The summed E-state index contributed by atoms with van der Waals surface area (Å²) in [5.41, 5.74) is 0.933. The molecular weight excluding hydrogens is 152 g/mol. The molecule has 1 saturated carbocycles. The third-order valence-corrected chi connectivity index (χ3v) is 2.44. The zero-order valence-corrected chi connectivity index (χ0v) is 6.85. The van der Waals surface area contributed by atoms with Gasteiger partial charge in [-0.3, -0.25) is 9.97 Å². The van der Waals surface area contributed by atoms with Gasteiger partial charge in [-0.15, -0.1) is 0 Å². The molecular formula is C9H12N2O. The normalized spacial score (nSPS) is 29.1. The van der Waals surface area contributed by atoms with Gasteiger partial charge in [-0.1, -0.05) is 6.42 Å². The van der Waals surface area contributed by atoms with E-state index in [0.29, 0.717) is 0 Å². The van der Waals surface area contributed by atoms with Gasteiger partial charge in [-0.25, -0.2) is 0 Å². The molecule has 0 unspecified atom stereocenters. The van der Waals surface area contributed by atoms with Gasteiger partial charge in [0.1, 0.15) is 0 Å². The molecule has 1 fully saturated rings. The first-order chi connectivity index (χ1) is 5.88. The Labute approximate surface area is 71.5 Å². The van der Waals surface area contributed by atoms with Crippen LogP contribution in [0.5, 0.6) is 0 Å². The van der Waals surface area contributed by atoms with Crippen LogP contribution in [0.25, 0.3) is 0 Å². The Morgan fingerprint density at radius 1 is 1.33 bits per heavy atom. The summed E-state index contributed by atoms with van der Waals surface area (Å²) in [4.78, 5) is 8.18. The van der Waals surface area contributed by atoms with Crippen LogP contribution in [0.2, 0.25) is 0 Å². The SMILES string of the molecule is O[C@H]1CCC[C@H]1c1cnccn1. The minimum Gasteiger partial charge on any atom is -0.392 e. The molecule has 3 heteroatoms. The van der Waals surface area contributed by atoms with Crippen LogP contribution in [-0.4, -0.2) is 21.2 Å². The van der Waals surface area contributed by atoms with Crippen molar-refractivity contribution >= 4 is 0 Å². The van der Waals surface area contributed by atoms with Crippen LogP contribution in [0.3, 0.4) is 0 Å². The number of aliphatic hydroxyl groups is 1. The van der Waals surface area contributed by atoms with E-state index in [4.69, 9.17) is 0 Å². The molecule has 1 aromatic heterocycles. The number of hydrogen-bond acceptors (Lipinski definition) is 3. The largest absolute Gasteiger partial charge is 0.392 e. The van der Waals surface area contributed by atoms with Crippen LogP contribution in [0.4, 0.5) is 0 Å². The lowest BCUT2D eigenvalue weighted by molar-refractivity contribution is 0.162. The summed E-state index contributed by atoms with van der Waals surface area (Å²) >= 11 is 0. The monoisotopic (exact) mass is 164 g/mol. The molecule has 2 rings (SSSR count). The highest BCUT2D eigenvalue weighted by atomic mass is 16.3. The highest BCUT2D eigenvalue weighted by molar-refractivity contribution is 5.07. The van der Waals surface area contributed by atoms with Crippen molar-refractivity contribution in [1.82, 2.24) is 9.97 Å². The van der Waals surface area contributed by atoms with Gasteiger partial charge in [0.05, 0.1) is 11.8 Å². The zero-order valence-electron chi connectivity index (χ0n) is 6.85. The second-order valence-corrected chi connectivity index (χ2v) is 3.24. The molecule has 0 aromatic carbocycles. The van der Waals surface area contributed by atoms with Gasteiger partial charge in [-0.2, -0.15) is 0 Å². The molecule has 0 saturated heterocycles. The summed E-state index contributed by atoms with van der Waals surface area (Å²) in [6, 6.07) is 0. The fraction of sp³-hybridized carbons (Fsp3) is 0.556. The van der Waals surface area contributed by atoms with Crippen LogP contribution < -0.4 is 0 Å². The minimum absolute atomic E-state index is 0.207. The van der Waals surface area contributed by atoms with Crippen molar-refractivity contribution < 1.29 is 5.11 Å². The average Bonchev–Trinajstić information content (AvgIpc) is 2.53. The van der Waals surface area contributed by atoms with E-state index in [1.165, 1.54) is 0 Å². The van der Waals surface area contributed by atoms with Gasteiger partial charge in [0.25, 0.3) is 0 Å². The summed E-state index contributed by atoms with van der Waals surface area (Å²) in [5.74, 6) is 0.221. The van der Waals surface area contributed by atoms with Crippen molar-refractivity contribution in [3.63, 3.8) is 0 Å². The van der Waals surface area contributed by atoms with Gasteiger partial charge in [0.15, 0.2) is 0 Å². The second-order valence-electron chi connectivity index (χ2n) is 3.24. The molecule has 1 aromatic rings. The van der Waals surface area contributed by atoms with E-state index in [1.54, 1.807) is 18.6 Å². The van der Waals surface area contributed by atoms with Gasteiger partial charge < -0.3 is 5.11 Å². The second kappa shape index (κ2) is 3.19. The lowest BCUT2D eigenvalue weighted by Crippen LogP contribution is -2.12. The Morgan fingerprint density at radius 2 is 2.25 bits per heavy atom. The highest BCUT2D eigenvalue weighted by Gasteiger charge is 2.27. The fourth-order valence-corrected chi connectivity index (χ4v) is 1.79. The van der Waals surface area contributed by atoms with Crippen LogP contribution >= 0.6 is 0 Å². The Morgan fingerprint density at radius 3 is 2.83 bits per heavy atom. The van der Waals surface area contributed by atoms with Gasteiger partial charge in [-0.05, 0) is 12.8 Å². The van der Waals surface area contributed by atoms with Gasteiger partial charge in [0, 0.05) is 24.5 Å². The van der Waals surface area contributed by atoms with E-state index in [1.807, 2.05) is 0 Å². The Hall–Kier alpha value is -0.960. The Bertz CT molecular complexity index is 250. The van der Waals surface area contributed by atoms with E-state index in [9.17, 15) is 5.11 Å². The molecule has 1 heterocycles. The van der Waals surface area contributed by atoms with Crippen LogP contribution in [0, 0.1) is 0 Å². The molecule has 0 bridgehead atoms. The van der Waals surface area contributed by atoms with E-state index >= 15 is 0 Å². The maximum absolute atomic E-state index is 9.57. The first-order valence-electron chi connectivity index (χ1n) is 4.32. The summed E-state index contributed by atoms with van der Waals surface area (Å²) < 4.78 is 0. The molecule has 64 valence electrons. The molecule has 1 aliphatic rings. The van der Waals surface area contributed by atoms with E-state index in [2.05, 4.69) is 9.97 Å². The number of aliphatic hydroxyl groups excluding tert-OH is 1. The smallest absolute Gasteiger partial charge is 0.0643 e. The molecule has 1 N–H and O–H groups in total. The first-order valence-corrected chi connectivity index (χ1v) is 4.32. The van der Waals surface area contributed by atoms with Crippen molar-refractivity contribution in [2.24, 2.45) is 0 Å². The molecule has 12 heavy (non-hydrogen) atoms. The number of aromatic nitrogens is 2. The zero-order chi connectivity index (χ0) is 8.39. The van der Waals surface area contributed by atoms with E-state index in [0.717, 1.165) is 25.0 Å². The molecule has 0 aliphatic heterocycles. The van der Waals surface area contributed by atoms with Gasteiger partial charge >= 0.3 is 0 Å². The van der Waals surface area contributed by atoms with Gasteiger partial charge in [0.2, 0.25) is 0 Å². The topological polar surface area (TPSA) is 46.0 Å². The summed E-state index contributed by atoms with van der Waals surface area (Å²) in [6.07, 6.45) is 7.93. The summed E-state index contributed by atoms with van der Waals surface area (Å²) in [5, 5.41) is 9.57. The van der Waals surface area contributed by atoms with Crippen molar-refractivity contribution in [3.8, 4) is 0 Å². The maximum Gasteiger partial charge on any atom is 0.0643 e. The minimum atomic E-state index is -0.207. The fourth-order valence-electron chi connectivity index (χ4n) is 1.79. The molecule has 0 radical (unpaired) electrons. The van der Waals surface area contributed by atoms with E-state index < -0.39 is 0 Å². The van der Waals surface area contributed by atoms with Crippen LogP contribution in [0.15, 0.2) is 18.6 Å². The van der Waals surface area contributed by atoms with Crippen molar-refractivity contribution in [3.05, 3.63) is 24.3 Å². The van der Waals surface area contributed by atoms with Crippen molar-refractivity contribution in [2.75, 3.05) is 0 Å². The predicted octanol–water partition coefficient (Wildman–Crippen LogP) is 1.10. The molecule has 0 amide bonds. The Kier molecular flexibility index (Phi) is 2.04. The standard InChI is InChI=1S/C9H12N2O/c12-9-3-1-2-7(9)8-6-10-4-5-11-8/h4-7,9,12H,1-3H2/t7-,9-/m0/s1. The molecule has 2 atom stereocenters. The summed E-state index contributed by atoms with van der Waals surface area (Å²) in [6.45, 7) is 0. The quantitative estimate of drug-likeness (QED) is 0.676. The molecule has 0 spiro atoms. The molecule has 3 nitrogen and oxygen atoms in total. The van der Waals surface area contributed by atoms with Crippen molar-refractivity contribution in [1.29, 1.82) is 0 Å². The number of rotatable bonds is 1. The third kappa shape index (κ3) is 1.32. The van der Waals surface area contributed by atoms with Crippen LogP contribution in [-0.2, 0) is 0 Å².